The summed E-state index contributed by atoms with van der Waals surface area (Å²) in [4.78, 5) is 7.17. The van der Waals surface area contributed by atoms with Gasteiger partial charge in [0.25, 0.3) is 0 Å². The van der Waals surface area contributed by atoms with Gasteiger partial charge in [-0.25, -0.2) is 4.98 Å². The second-order valence-corrected chi connectivity index (χ2v) is 6.52. The molecule has 1 unspecified atom stereocenters. The largest absolute Gasteiger partial charge is 0.334 e. The summed E-state index contributed by atoms with van der Waals surface area (Å²) in [5, 5.41) is 3.81. The fourth-order valence-corrected chi connectivity index (χ4v) is 3.82. The Morgan fingerprint density at radius 2 is 2.00 bits per heavy atom. The number of hydrogen-bond donors (Lipinski definition) is 1. The van der Waals surface area contributed by atoms with Crippen LogP contribution in [0.15, 0.2) is 12.4 Å². The van der Waals surface area contributed by atoms with Gasteiger partial charge in [-0.05, 0) is 46.8 Å². The van der Waals surface area contributed by atoms with Crippen LogP contribution >= 0.6 is 0 Å². The van der Waals surface area contributed by atoms with Gasteiger partial charge in [0, 0.05) is 24.5 Å². The molecule has 1 aromatic rings. The highest BCUT2D eigenvalue weighted by Crippen LogP contribution is 2.41. The van der Waals surface area contributed by atoms with Crippen LogP contribution in [0.25, 0.3) is 0 Å². The molecule has 21 heavy (non-hydrogen) atoms. The molecule has 0 bridgehead atoms. The van der Waals surface area contributed by atoms with E-state index in [1.807, 2.05) is 6.20 Å². The Balaban J connectivity index is 2.37. The molecule has 0 spiro atoms. The molecule has 1 N–H and O–H groups in total. The molecule has 0 saturated heterocycles. The van der Waals surface area contributed by atoms with Crippen molar-refractivity contribution in [1.29, 1.82) is 0 Å². The average Bonchev–Trinajstić information content (AvgIpc) is 2.96. The quantitative estimate of drug-likeness (QED) is 0.838. The molecule has 1 heterocycles. The second kappa shape index (κ2) is 7.41. The van der Waals surface area contributed by atoms with Gasteiger partial charge in [-0.2, -0.15) is 0 Å². The van der Waals surface area contributed by atoms with Crippen molar-refractivity contribution < 1.29 is 0 Å². The van der Waals surface area contributed by atoms with Crippen LogP contribution in [0, 0.1) is 0 Å². The van der Waals surface area contributed by atoms with Gasteiger partial charge in [0.2, 0.25) is 0 Å². The van der Waals surface area contributed by atoms with E-state index in [0.29, 0.717) is 6.04 Å². The third-order valence-corrected chi connectivity index (χ3v) is 5.09. The predicted molar refractivity (Wildman–Crippen MR) is 88.4 cm³/mol. The van der Waals surface area contributed by atoms with Crippen molar-refractivity contribution in [3.63, 3.8) is 0 Å². The minimum Gasteiger partial charge on any atom is -0.334 e. The first-order chi connectivity index (χ1) is 10.2. The molecule has 2 rings (SSSR count). The lowest BCUT2D eigenvalue weighted by Gasteiger charge is -2.48. The van der Waals surface area contributed by atoms with E-state index in [0.717, 1.165) is 19.5 Å². The third-order valence-electron chi connectivity index (χ3n) is 5.09. The highest BCUT2D eigenvalue weighted by atomic mass is 15.2. The Bertz CT molecular complexity index is 418. The number of hydrogen-bond acceptors (Lipinski definition) is 3. The van der Waals surface area contributed by atoms with Crippen molar-refractivity contribution in [3.05, 3.63) is 18.2 Å². The smallest absolute Gasteiger partial charge is 0.127 e. The SMILES string of the molecule is CCCNC(c1nccn1CC)C1(N(C)C)CCCCC1. The molecule has 1 aliphatic carbocycles. The van der Waals surface area contributed by atoms with E-state index in [-0.39, 0.29) is 5.54 Å². The highest BCUT2D eigenvalue weighted by molar-refractivity contribution is 5.12. The first-order valence-corrected chi connectivity index (χ1v) is 8.57. The van der Waals surface area contributed by atoms with Gasteiger partial charge in [-0.3, -0.25) is 0 Å². The van der Waals surface area contributed by atoms with Gasteiger partial charge in [-0.15, -0.1) is 0 Å². The Morgan fingerprint density at radius 1 is 1.29 bits per heavy atom. The molecule has 0 aliphatic heterocycles. The van der Waals surface area contributed by atoms with Gasteiger partial charge in [0.1, 0.15) is 5.82 Å². The maximum Gasteiger partial charge on any atom is 0.127 e. The molecular formula is C17H32N4. The molecule has 0 amide bonds. The van der Waals surface area contributed by atoms with Gasteiger partial charge >= 0.3 is 0 Å². The summed E-state index contributed by atoms with van der Waals surface area (Å²) in [5.74, 6) is 1.21. The Labute approximate surface area is 129 Å². The normalized spacial score (nSPS) is 19.9. The van der Waals surface area contributed by atoms with E-state index in [9.17, 15) is 0 Å². The predicted octanol–water partition coefficient (Wildman–Crippen LogP) is 3.21. The van der Waals surface area contributed by atoms with Gasteiger partial charge in [0.05, 0.1) is 6.04 Å². The zero-order valence-corrected chi connectivity index (χ0v) is 14.2. The van der Waals surface area contributed by atoms with Crippen LogP contribution in [-0.2, 0) is 6.54 Å². The lowest BCUT2D eigenvalue weighted by atomic mass is 9.74. The van der Waals surface area contributed by atoms with E-state index in [4.69, 9.17) is 4.98 Å². The summed E-state index contributed by atoms with van der Waals surface area (Å²) in [6.45, 7) is 6.48. The van der Waals surface area contributed by atoms with E-state index in [2.05, 4.69) is 48.9 Å². The fourth-order valence-electron chi connectivity index (χ4n) is 3.82. The first-order valence-electron chi connectivity index (χ1n) is 8.57. The van der Waals surface area contributed by atoms with E-state index in [1.165, 1.54) is 37.9 Å². The maximum atomic E-state index is 4.72. The van der Waals surface area contributed by atoms with Crippen LogP contribution < -0.4 is 5.32 Å². The van der Waals surface area contributed by atoms with Gasteiger partial charge in [0.15, 0.2) is 0 Å². The standard InChI is InChI=1S/C17H32N4/c1-5-12-18-15(16-19-13-14-21(16)6-2)17(20(3)4)10-8-7-9-11-17/h13-15,18H,5-12H2,1-4H3. The third kappa shape index (κ3) is 3.32. The molecule has 120 valence electrons. The minimum absolute atomic E-state index is 0.200. The van der Waals surface area contributed by atoms with E-state index < -0.39 is 0 Å². The van der Waals surface area contributed by atoms with Crippen LogP contribution in [0.3, 0.4) is 0 Å². The summed E-state index contributed by atoms with van der Waals surface area (Å²) in [5.41, 5.74) is 0.200. The van der Waals surface area contributed by atoms with Crippen molar-refractivity contribution in [2.75, 3.05) is 20.6 Å². The topological polar surface area (TPSA) is 33.1 Å². The highest BCUT2D eigenvalue weighted by Gasteiger charge is 2.43. The maximum absolute atomic E-state index is 4.72. The number of imidazole rings is 1. The molecule has 0 aromatic carbocycles. The average molecular weight is 292 g/mol. The molecule has 1 aliphatic rings. The monoisotopic (exact) mass is 292 g/mol. The van der Waals surface area contributed by atoms with Crippen molar-refractivity contribution in [2.24, 2.45) is 0 Å². The second-order valence-electron chi connectivity index (χ2n) is 6.52. The number of rotatable bonds is 7. The molecule has 4 heteroatoms. The molecule has 1 aromatic heterocycles. The van der Waals surface area contributed by atoms with Crippen LogP contribution in [0.4, 0.5) is 0 Å². The summed E-state index contributed by atoms with van der Waals surface area (Å²) >= 11 is 0. The zero-order valence-electron chi connectivity index (χ0n) is 14.2. The number of aryl methyl sites for hydroxylation is 1. The Hall–Kier alpha value is -0.870. The number of nitrogens with one attached hydrogen (secondary N) is 1. The first kappa shape index (κ1) is 16.5. The van der Waals surface area contributed by atoms with Gasteiger partial charge < -0.3 is 14.8 Å². The van der Waals surface area contributed by atoms with Crippen molar-refractivity contribution in [2.45, 2.75) is 70.5 Å². The molecule has 1 fully saturated rings. The molecule has 1 saturated carbocycles. The summed E-state index contributed by atoms with van der Waals surface area (Å²) in [7, 11) is 4.48. The number of nitrogens with zero attached hydrogens (tertiary/aromatic N) is 3. The summed E-state index contributed by atoms with van der Waals surface area (Å²) in [6.07, 6.45) is 11.8. The fraction of sp³-hybridized carbons (Fsp3) is 0.824. The van der Waals surface area contributed by atoms with Crippen molar-refractivity contribution in [1.82, 2.24) is 19.8 Å². The molecule has 1 atom stereocenters. The summed E-state index contributed by atoms with van der Waals surface area (Å²) in [6, 6.07) is 0.322. The van der Waals surface area contributed by atoms with Gasteiger partial charge in [-0.1, -0.05) is 26.2 Å². The van der Waals surface area contributed by atoms with E-state index in [1.54, 1.807) is 0 Å². The lowest BCUT2D eigenvalue weighted by Crippen LogP contribution is -2.55. The van der Waals surface area contributed by atoms with Crippen LogP contribution in [0.5, 0.6) is 0 Å². The summed E-state index contributed by atoms with van der Waals surface area (Å²) < 4.78 is 2.30. The lowest BCUT2D eigenvalue weighted by molar-refractivity contribution is 0.0517. The van der Waals surface area contributed by atoms with Crippen LogP contribution in [0.2, 0.25) is 0 Å². The molecular weight excluding hydrogens is 260 g/mol. The molecule has 0 radical (unpaired) electrons. The van der Waals surface area contributed by atoms with Crippen molar-refractivity contribution in [3.8, 4) is 0 Å². The van der Waals surface area contributed by atoms with Crippen molar-refractivity contribution >= 4 is 0 Å². The van der Waals surface area contributed by atoms with E-state index >= 15 is 0 Å². The number of likely N-dealkylation sites (N-methyl/N-ethyl adjacent to an activating group) is 1. The zero-order chi connectivity index (χ0) is 15.3. The minimum atomic E-state index is 0.200. The van der Waals surface area contributed by atoms with Crippen LogP contribution in [0.1, 0.15) is 64.2 Å². The van der Waals surface area contributed by atoms with Crippen LogP contribution in [-0.4, -0.2) is 40.6 Å². The number of aromatic nitrogens is 2. The molecule has 4 nitrogen and oxygen atoms in total. The Morgan fingerprint density at radius 3 is 2.57 bits per heavy atom. The Kier molecular flexibility index (Phi) is 5.82.